The van der Waals surface area contributed by atoms with Gasteiger partial charge in [0.2, 0.25) is 0 Å². The predicted octanol–water partition coefficient (Wildman–Crippen LogP) is 1.05. The van der Waals surface area contributed by atoms with Crippen molar-refractivity contribution in [2.75, 3.05) is 6.26 Å². The van der Waals surface area contributed by atoms with Crippen LogP contribution >= 0.6 is 0 Å². The zero-order valence-electron chi connectivity index (χ0n) is 7.90. The van der Waals surface area contributed by atoms with Gasteiger partial charge in [0.15, 0.2) is 9.84 Å². The summed E-state index contributed by atoms with van der Waals surface area (Å²) in [6.07, 6.45) is 3.57. The van der Waals surface area contributed by atoms with Crippen molar-refractivity contribution < 1.29 is 13.6 Å². The number of nitrogens with zero attached hydrogens (tertiary/aromatic N) is 1. The Balaban J connectivity index is 2.87. The monoisotopic (exact) mass is 205 g/mol. The highest BCUT2D eigenvalue weighted by Gasteiger charge is 2.37. The van der Waals surface area contributed by atoms with Crippen LogP contribution in [0.1, 0.15) is 26.2 Å². The lowest BCUT2D eigenvalue weighted by Gasteiger charge is -2.13. The predicted molar refractivity (Wildman–Crippen MR) is 50.9 cm³/mol. The largest absolute Gasteiger partial charge is 0.411 e. The minimum absolute atomic E-state index is 0.199. The summed E-state index contributed by atoms with van der Waals surface area (Å²) < 4.78 is 22.6. The van der Waals surface area contributed by atoms with Gasteiger partial charge < -0.3 is 5.21 Å². The molecule has 0 aromatic heterocycles. The standard InChI is InChI=1S/C8H15NO3S/c1-3-7(13(2,11)12)8(9-10)6-4-5-6/h6-7,10H,3-5H2,1-2H3. The molecule has 0 aliphatic heterocycles. The quantitative estimate of drug-likeness (QED) is 0.424. The molecule has 1 N–H and O–H groups in total. The van der Waals surface area contributed by atoms with Crippen LogP contribution in [0.25, 0.3) is 0 Å². The minimum Gasteiger partial charge on any atom is -0.411 e. The normalized spacial score (nSPS) is 21.5. The molecule has 4 nitrogen and oxygen atoms in total. The van der Waals surface area contributed by atoms with E-state index >= 15 is 0 Å². The van der Waals surface area contributed by atoms with Crippen LogP contribution < -0.4 is 0 Å². The van der Waals surface area contributed by atoms with Crippen LogP contribution in [0.2, 0.25) is 0 Å². The van der Waals surface area contributed by atoms with Gasteiger partial charge >= 0.3 is 0 Å². The number of rotatable bonds is 4. The number of sulfone groups is 1. The fourth-order valence-corrected chi connectivity index (χ4v) is 2.80. The molecule has 0 aromatic rings. The zero-order valence-corrected chi connectivity index (χ0v) is 8.71. The van der Waals surface area contributed by atoms with Crippen molar-refractivity contribution in [2.24, 2.45) is 11.1 Å². The summed E-state index contributed by atoms with van der Waals surface area (Å²) in [6.45, 7) is 1.79. The second-order valence-corrected chi connectivity index (χ2v) is 5.75. The van der Waals surface area contributed by atoms with Crippen molar-refractivity contribution in [3.05, 3.63) is 0 Å². The first-order valence-electron chi connectivity index (χ1n) is 4.41. The molecule has 0 bridgehead atoms. The first-order valence-corrected chi connectivity index (χ1v) is 6.36. The highest BCUT2D eigenvalue weighted by molar-refractivity contribution is 7.92. The van der Waals surface area contributed by atoms with E-state index in [0.717, 1.165) is 12.8 Å². The molecular weight excluding hydrogens is 190 g/mol. The van der Waals surface area contributed by atoms with Gasteiger partial charge in [-0.2, -0.15) is 0 Å². The van der Waals surface area contributed by atoms with E-state index in [1.807, 2.05) is 0 Å². The molecular formula is C8H15NO3S. The maximum absolute atomic E-state index is 11.3. The van der Waals surface area contributed by atoms with Crippen molar-refractivity contribution in [1.29, 1.82) is 0 Å². The van der Waals surface area contributed by atoms with Crippen molar-refractivity contribution >= 4 is 15.5 Å². The van der Waals surface area contributed by atoms with Gasteiger partial charge in [0.05, 0.1) is 5.71 Å². The summed E-state index contributed by atoms with van der Waals surface area (Å²) >= 11 is 0. The maximum atomic E-state index is 11.3. The Morgan fingerprint density at radius 3 is 2.38 bits per heavy atom. The van der Waals surface area contributed by atoms with E-state index in [1.54, 1.807) is 6.92 Å². The molecule has 1 aliphatic rings. The van der Waals surface area contributed by atoms with Gasteiger partial charge in [-0.05, 0) is 19.3 Å². The van der Waals surface area contributed by atoms with E-state index in [0.29, 0.717) is 12.1 Å². The second-order valence-electron chi connectivity index (χ2n) is 3.53. The number of hydrogen-bond acceptors (Lipinski definition) is 4. The molecule has 0 spiro atoms. The maximum Gasteiger partial charge on any atom is 0.155 e. The molecule has 0 saturated heterocycles. The number of oxime groups is 1. The zero-order chi connectivity index (χ0) is 10.1. The first kappa shape index (κ1) is 10.5. The van der Waals surface area contributed by atoms with Crippen molar-refractivity contribution in [2.45, 2.75) is 31.4 Å². The van der Waals surface area contributed by atoms with Crippen LogP contribution in [0.4, 0.5) is 0 Å². The summed E-state index contributed by atoms with van der Waals surface area (Å²) in [5.74, 6) is 0.199. The molecule has 1 aliphatic carbocycles. The molecule has 1 fully saturated rings. The van der Waals surface area contributed by atoms with Crippen LogP contribution in [0.5, 0.6) is 0 Å². The lowest BCUT2D eigenvalue weighted by atomic mass is 10.1. The third-order valence-corrected chi connectivity index (χ3v) is 3.94. The highest BCUT2D eigenvalue weighted by atomic mass is 32.2. The third-order valence-electron chi connectivity index (χ3n) is 2.33. The summed E-state index contributed by atoms with van der Waals surface area (Å²) in [4.78, 5) is 0. The Kier molecular flexibility index (Phi) is 2.95. The SMILES string of the molecule is CCC(C(=NO)C1CC1)S(C)(=O)=O. The van der Waals surface area contributed by atoms with E-state index in [-0.39, 0.29) is 5.92 Å². The Morgan fingerprint density at radius 2 is 2.15 bits per heavy atom. The average Bonchev–Trinajstić information content (AvgIpc) is 2.79. The summed E-state index contributed by atoms with van der Waals surface area (Å²) in [5, 5.41) is 11.3. The Bertz CT molecular complexity index is 303. The molecule has 0 radical (unpaired) electrons. The Morgan fingerprint density at radius 1 is 1.62 bits per heavy atom. The van der Waals surface area contributed by atoms with Crippen LogP contribution in [-0.4, -0.2) is 30.8 Å². The third kappa shape index (κ3) is 2.43. The molecule has 1 unspecified atom stereocenters. The minimum atomic E-state index is -3.12. The lowest BCUT2D eigenvalue weighted by molar-refractivity contribution is 0.315. The highest BCUT2D eigenvalue weighted by Crippen LogP contribution is 2.33. The number of hydrogen-bond donors (Lipinski definition) is 1. The molecule has 1 rings (SSSR count). The molecule has 0 heterocycles. The lowest BCUT2D eigenvalue weighted by Crippen LogP contribution is -2.30. The van der Waals surface area contributed by atoms with Gasteiger partial charge in [-0.25, -0.2) is 8.42 Å². The smallest absolute Gasteiger partial charge is 0.155 e. The van der Waals surface area contributed by atoms with Crippen molar-refractivity contribution in [3.63, 3.8) is 0 Å². The average molecular weight is 205 g/mol. The second kappa shape index (κ2) is 3.65. The van der Waals surface area contributed by atoms with Gasteiger partial charge in [-0.1, -0.05) is 12.1 Å². The van der Waals surface area contributed by atoms with E-state index in [4.69, 9.17) is 5.21 Å². The summed E-state index contributed by atoms with van der Waals surface area (Å²) in [7, 11) is -3.12. The summed E-state index contributed by atoms with van der Waals surface area (Å²) in [6, 6.07) is 0. The van der Waals surface area contributed by atoms with Gasteiger partial charge in [0, 0.05) is 12.2 Å². The van der Waals surface area contributed by atoms with Crippen LogP contribution in [0, 0.1) is 5.92 Å². The van der Waals surface area contributed by atoms with E-state index < -0.39 is 15.1 Å². The molecule has 5 heteroatoms. The van der Waals surface area contributed by atoms with Crippen molar-refractivity contribution in [1.82, 2.24) is 0 Å². The van der Waals surface area contributed by atoms with E-state index in [1.165, 1.54) is 6.26 Å². The van der Waals surface area contributed by atoms with Crippen LogP contribution in [0.15, 0.2) is 5.16 Å². The molecule has 1 saturated carbocycles. The molecule has 13 heavy (non-hydrogen) atoms. The van der Waals surface area contributed by atoms with E-state index in [2.05, 4.69) is 5.16 Å². The van der Waals surface area contributed by atoms with Gasteiger partial charge in [-0.3, -0.25) is 0 Å². The first-order chi connectivity index (χ1) is 6.00. The van der Waals surface area contributed by atoms with Gasteiger partial charge in [0.25, 0.3) is 0 Å². The van der Waals surface area contributed by atoms with Crippen LogP contribution in [0.3, 0.4) is 0 Å². The van der Waals surface area contributed by atoms with Crippen molar-refractivity contribution in [3.8, 4) is 0 Å². The topological polar surface area (TPSA) is 66.7 Å². The van der Waals surface area contributed by atoms with Gasteiger partial charge in [-0.15, -0.1) is 0 Å². The molecule has 76 valence electrons. The summed E-state index contributed by atoms with van der Waals surface area (Å²) in [5.41, 5.74) is 0.449. The van der Waals surface area contributed by atoms with E-state index in [9.17, 15) is 8.42 Å². The van der Waals surface area contributed by atoms with Crippen LogP contribution in [-0.2, 0) is 9.84 Å². The fraction of sp³-hybridized carbons (Fsp3) is 0.875. The Labute approximate surface area is 78.6 Å². The Hall–Kier alpha value is -0.580. The fourth-order valence-electron chi connectivity index (χ4n) is 1.52. The molecule has 1 atom stereocenters. The molecule has 0 aromatic carbocycles. The molecule has 0 amide bonds. The van der Waals surface area contributed by atoms with Gasteiger partial charge in [0.1, 0.15) is 5.25 Å².